The van der Waals surface area contributed by atoms with Crippen LogP contribution in [0.1, 0.15) is 10.4 Å². The predicted octanol–water partition coefficient (Wildman–Crippen LogP) is 1.45. The molecule has 1 aromatic rings. The molecule has 7 heteroatoms. The molecule has 1 rings (SSSR count). The summed E-state index contributed by atoms with van der Waals surface area (Å²) in [5, 5.41) is 4.73. The molecule has 0 aliphatic rings. The highest BCUT2D eigenvalue weighted by Crippen LogP contribution is 2.26. The van der Waals surface area contributed by atoms with E-state index in [-0.39, 0.29) is 20.5 Å². The molecule has 1 aromatic carbocycles. The maximum atomic E-state index is 11.0. The van der Waals surface area contributed by atoms with Crippen molar-refractivity contribution >= 4 is 39.5 Å². The van der Waals surface area contributed by atoms with Gasteiger partial charge in [-0.25, -0.2) is 13.6 Å². The molecule has 0 aliphatic carbocycles. The normalized spacial score (nSPS) is 11.4. The van der Waals surface area contributed by atoms with Crippen molar-refractivity contribution in [3.63, 3.8) is 0 Å². The molecule has 0 amide bonds. The highest BCUT2D eigenvalue weighted by Gasteiger charge is 2.15. The van der Waals surface area contributed by atoms with Crippen LogP contribution in [-0.2, 0) is 10.0 Å². The van der Waals surface area contributed by atoms with Crippen LogP contribution < -0.4 is 5.14 Å². The summed E-state index contributed by atoms with van der Waals surface area (Å²) in [7, 11) is -3.91. The third kappa shape index (κ3) is 2.24. The van der Waals surface area contributed by atoms with Gasteiger partial charge in [0.05, 0.1) is 10.0 Å². The van der Waals surface area contributed by atoms with Gasteiger partial charge in [0, 0.05) is 5.56 Å². The van der Waals surface area contributed by atoms with Crippen LogP contribution in [0.5, 0.6) is 0 Å². The number of hydrogen-bond donors (Lipinski definition) is 1. The van der Waals surface area contributed by atoms with Crippen molar-refractivity contribution in [2.24, 2.45) is 5.14 Å². The van der Waals surface area contributed by atoms with E-state index in [2.05, 4.69) is 0 Å². The second-order valence-electron chi connectivity index (χ2n) is 2.47. The Hall–Kier alpha value is -0.620. The molecule has 4 nitrogen and oxygen atoms in total. The van der Waals surface area contributed by atoms with Crippen molar-refractivity contribution < 1.29 is 13.2 Å². The van der Waals surface area contributed by atoms with Gasteiger partial charge in [0.25, 0.3) is 0 Å². The zero-order valence-corrected chi connectivity index (χ0v) is 9.03. The van der Waals surface area contributed by atoms with Gasteiger partial charge in [-0.2, -0.15) is 0 Å². The predicted molar refractivity (Wildman–Crippen MR) is 53.2 cm³/mol. The smallest absolute Gasteiger partial charge is 0.239 e. The molecular formula is C7H5Cl2NO3S. The molecule has 0 unspecified atom stereocenters. The van der Waals surface area contributed by atoms with E-state index in [0.29, 0.717) is 6.29 Å². The average molecular weight is 254 g/mol. The summed E-state index contributed by atoms with van der Waals surface area (Å²) in [6.45, 7) is 0. The van der Waals surface area contributed by atoms with E-state index in [1.165, 1.54) is 0 Å². The zero-order valence-electron chi connectivity index (χ0n) is 6.70. The number of hydrogen-bond acceptors (Lipinski definition) is 3. The minimum absolute atomic E-state index is 0.00609. The fourth-order valence-corrected chi connectivity index (χ4v) is 2.23. The summed E-state index contributed by atoms with van der Waals surface area (Å²) < 4.78 is 21.9. The lowest BCUT2D eigenvalue weighted by molar-refractivity contribution is 0.112. The van der Waals surface area contributed by atoms with Gasteiger partial charge >= 0.3 is 0 Å². The van der Waals surface area contributed by atoms with Crippen molar-refractivity contribution in [1.82, 2.24) is 0 Å². The molecular weight excluding hydrogens is 249 g/mol. The van der Waals surface area contributed by atoms with Gasteiger partial charge in [-0.05, 0) is 12.1 Å². The lowest BCUT2D eigenvalue weighted by Crippen LogP contribution is -2.13. The molecule has 0 heterocycles. The van der Waals surface area contributed by atoms with E-state index in [4.69, 9.17) is 28.3 Å². The summed E-state index contributed by atoms with van der Waals surface area (Å²) in [6.07, 6.45) is 0.473. The Labute approximate surface area is 90.7 Å². The van der Waals surface area contributed by atoms with Crippen molar-refractivity contribution in [2.45, 2.75) is 4.90 Å². The number of rotatable bonds is 2. The number of benzene rings is 1. The van der Waals surface area contributed by atoms with Gasteiger partial charge < -0.3 is 0 Å². The fraction of sp³-hybridized carbons (Fsp3) is 0. The first kappa shape index (κ1) is 11.5. The second kappa shape index (κ2) is 3.86. The summed E-state index contributed by atoms with van der Waals surface area (Å²) in [5.41, 5.74) is 0.115. The molecule has 76 valence electrons. The topological polar surface area (TPSA) is 77.2 Å². The van der Waals surface area contributed by atoms with Crippen LogP contribution in [0.15, 0.2) is 17.0 Å². The Kier molecular flexibility index (Phi) is 3.16. The van der Waals surface area contributed by atoms with Crippen LogP contribution in [-0.4, -0.2) is 14.7 Å². The molecule has 0 bridgehead atoms. The maximum absolute atomic E-state index is 11.0. The summed E-state index contributed by atoms with van der Waals surface area (Å²) >= 11 is 11.2. The number of carbonyl (C=O) groups excluding carboxylic acids is 1. The molecule has 0 aliphatic heterocycles. The van der Waals surface area contributed by atoms with Crippen LogP contribution >= 0.6 is 23.2 Å². The summed E-state index contributed by atoms with van der Waals surface area (Å²) in [5.74, 6) is 0. The van der Waals surface area contributed by atoms with Crippen molar-refractivity contribution in [2.75, 3.05) is 0 Å². The fourth-order valence-electron chi connectivity index (χ4n) is 0.852. The Morgan fingerprint density at radius 1 is 1.21 bits per heavy atom. The SMILES string of the molecule is NS(=O)(=O)c1cc(Cl)c(C=O)cc1Cl. The lowest BCUT2D eigenvalue weighted by Gasteiger charge is -2.03. The molecule has 0 saturated carbocycles. The molecule has 2 N–H and O–H groups in total. The standard InChI is InChI=1S/C7H5Cl2NO3S/c8-5-2-7(14(10,12)13)6(9)1-4(5)3-11/h1-3H,(H2,10,12,13). The van der Waals surface area contributed by atoms with E-state index in [1.54, 1.807) is 0 Å². The van der Waals surface area contributed by atoms with Crippen molar-refractivity contribution in [1.29, 1.82) is 0 Å². The van der Waals surface area contributed by atoms with E-state index in [1.807, 2.05) is 0 Å². The zero-order chi connectivity index (χ0) is 10.9. The molecule has 14 heavy (non-hydrogen) atoms. The largest absolute Gasteiger partial charge is 0.298 e. The van der Waals surface area contributed by atoms with Crippen LogP contribution in [0, 0.1) is 0 Å². The lowest BCUT2D eigenvalue weighted by atomic mass is 10.2. The van der Waals surface area contributed by atoms with Gasteiger partial charge in [-0.1, -0.05) is 23.2 Å². The summed E-state index contributed by atoms with van der Waals surface area (Å²) in [6, 6.07) is 2.19. The van der Waals surface area contributed by atoms with Crippen LogP contribution in [0.2, 0.25) is 10.0 Å². The van der Waals surface area contributed by atoms with Crippen molar-refractivity contribution in [3.05, 3.63) is 27.7 Å². The van der Waals surface area contributed by atoms with Crippen LogP contribution in [0.4, 0.5) is 0 Å². The van der Waals surface area contributed by atoms with Crippen LogP contribution in [0.3, 0.4) is 0 Å². The number of primary sulfonamides is 1. The first-order chi connectivity index (χ1) is 6.36. The minimum Gasteiger partial charge on any atom is -0.298 e. The van der Waals surface area contributed by atoms with Gasteiger partial charge in [0.1, 0.15) is 4.90 Å². The third-order valence-corrected chi connectivity index (χ3v) is 3.19. The number of nitrogens with two attached hydrogens (primary N) is 1. The number of sulfonamides is 1. The number of carbonyl (C=O) groups is 1. The Bertz CT molecular complexity index is 484. The first-order valence-corrected chi connectivity index (χ1v) is 5.63. The molecule has 0 saturated heterocycles. The van der Waals surface area contributed by atoms with Gasteiger partial charge in [0.2, 0.25) is 10.0 Å². The van der Waals surface area contributed by atoms with E-state index >= 15 is 0 Å². The molecule has 0 radical (unpaired) electrons. The van der Waals surface area contributed by atoms with E-state index in [9.17, 15) is 13.2 Å². The molecule has 0 atom stereocenters. The second-order valence-corrected chi connectivity index (χ2v) is 4.81. The van der Waals surface area contributed by atoms with Gasteiger partial charge in [-0.3, -0.25) is 4.79 Å². The Balaban J connectivity index is 3.52. The first-order valence-electron chi connectivity index (χ1n) is 3.33. The molecule has 0 spiro atoms. The molecule has 0 aromatic heterocycles. The van der Waals surface area contributed by atoms with Crippen LogP contribution in [0.25, 0.3) is 0 Å². The van der Waals surface area contributed by atoms with Crippen molar-refractivity contribution in [3.8, 4) is 0 Å². The van der Waals surface area contributed by atoms with E-state index in [0.717, 1.165) is 12.1 Å². The van der Waals surface area contributed by atoms with Gasteiger partial charge in [-0.15, -0.1) is 0 Å². The van der Waals surface area contributed by atoms with E-state index < -0.39 is 10.0 Å². The Morgan fingerprint density at radius 3 is 2.21 bits per heavy atom. The third-order valence-electron chi connectivity index (χ3n) is 1.48. The van der Waals surface area contributed by atoms with Gasteiger partial charge in [0.15, 0.2) is 6.29 Å². The molecule has 0 fully saturated rings. The minimum atomic E-state index is -3.91. The number of aldehydes is 1. The average Bonchev–Trinajstić information content (AvgIpc) is 2.06. The highest BCUT2D eigenvalue weighted by molar-refractivity contribution is 7.89. The highest BCUT2D eigenvalue weighted by atomic mass is 35.5. The number of halogens is 2. The quantitative estimate of drug-likeness (QED) is 0.811. The summed E-state index contributed by atoms with van der Waals surface area (Å²) in [4.78, 5) is 10.1. The monoisotopic (exact) mass is 253 g/mol. The maximum Gasteiger partial charge on any atom is 0.239 e. The Morgan fingerprint density at radius 2 is 1.79 bits per heavy atom.